The Labute approximate surface area is 115 Å². The number of hydrogen-bond acceptors (Lipinski definition) is 3. The number of aryl methyl sites for hydroxylation is 2. The molecule has 0 aliphatic heterocycles. The van der Waals surface area contributed by atoms with Crippen LogP contribution in [0.2, 0.25) is 0 Å². The summed E-state index contributed by atoms with van der Waals surface area (Å²) in [5.41, 5.74) is 2.02. The molecule has 106 valence electrons. The van der Waals surface area contributed by atoms with E-state index in [0.29, 0.717) is 12.1 Å². The summed E-state index contributed by atoms with van der Waals surface area (Å²) in [7, 11) is 0. The summed E-state index contributed by atoms with van der Waals surface area (Å²) in [5, 5.41) is 12.4. The average molecular weight is 264 g/mol. The highest BCUT2D eigenvalue weighted by Gasteiger charge is 2.26. The van der Waals surface area contributed by atoms with Crippen molar-refractivity contribution in [2.45, 2.75) is 40.5 Å². The van der Waals surface area contributed by atoms with Gasteiger partial charge in [0.05, 0.1) is 17.9 Å². The summed E-state index contributed by atoms with van der Waals surface area (Å²) in [6, 6.07) is 3.63. The van der Waals surface area contributed by atoms with Crippen LogP contribution in [0, 0.1) is 19.3 Å². The van der Waals surface area contributed by atoms with Crippen LogP contribution >= 0.6 is 0 Å². The van der Waals surface area contributed by atoms with E-state index in [1.165, 1.54) is 0 Å². The lowest BCUT2D eigenvalue weighted by molar-refractivity contribution is 0.0850. The predicted octanol–water partition coefficient (Wildman–Crippen LogP) is 2.23. The van der Waals surface area contributed by atoms with Crippen molar-refractivity contribution in [3.63, 3.8) is 0 Å². The van der Waals surface area contributed by atoms with Crippen LogP contribution in [0.5, 0.6) is 0 Å². The van der Waals surface area contributed by atoms with Crippen LogP contribution in [-0.2, 0) is 0 Å². The fraction of sp³-hybridized carbons (Fsp3) is 0.600. The smallest absolute Gasteiger partial charge is 0.253 e. The van der Waals surface area contributed by atoms with E-state index in [4.69, 9.17) is 0 Å². The van der Waals surface area contributed by atoms with E-state index in [2.05, 4.69) is 10.3 Å². The van der Waals surface area contributed by atoms with Crippen molar-refractivity contribution in [2.75, 3.05) is 13.2 Å². The maximum Gasteiger partial charge on any atom is 0.253 e. The number of nitrogens with one attached hydrogen (secondary N) is 1. The van der Waals surface area contributed by atoms with E-state index in [-0.39, 0.29) is 17.9 Å². The molecule has 1 aromatic rings. The molecule has 4 nitrogen and oxygen atoms in total. The van der Waals surface area contributed by atoms with Gasteiger partial charge in [0.1, 0.15) is 0 Å². The number of pyridine rings is 1. The van der Waals surface area contributed by atoms with Gasteiger partial charge in [-0.05, 0) is 38.8 Å². The number of amides is 1. The molecule has 0 spiro atoms. The zero-order valence-corrected chi connectivity index (χ0v) is 12.3. The third-order valence-corrected chi connectivity index (χ3v) is 3.93. The predicted molar refractivity (Wildman–Crippen MR) is 76.1 cm³/mol. The van der Waals surface area contributed by atoms with Gasteiger partial charge in [-0.15, -0.1) is 0 Å². The van der Waals surface area contributed by atoms with E-state index in [0.717, 1.165) is 24.2 Å². The van der Waals surface area contributed by atoms with E-state index in [9.17, 15) is 9.90 Å². The van der Waals surface area contributed by atoms with Gasteiger partial charge in [0.15, 0.2) is 0 Å². The molecule has 0 bridgehead atoms. The van der Waals surface area contributed by atoms with Gasteiger partial charge in [-0.1, -0.05) is 13.8 Å². The minimum Gasteiger partial charge on any atom is -0.396 e. The minimum atomic E-state index is -0.221. The molecule has 0 aromatic carbocycles. The highest BCUT2D eigenvalue weighted by atomic mass is 16.3. The van der Waals surface area contributed by atoms with Gasteiger partial charge in [0.2, 0.25) is 0 Å². The second-order valence-electron chi connectivity index (χ2n) is 5.13. The molecule has 2 N–H and O–H groups in total. The van der Waals surface area contributed by atoms with Crippen LogP contribution in [0.25, 0.3) is 0 Å². The second-order valence-corrected chi connectivity index (χ2v) is 5.13. The molecule has 0 fully saturated rings. The lowest BCUT2D eigenvalue weighted by Crippen LogP contribution is -2.39. The highest BCUT2D eigenvalue weighted by molar-refractivity contribution is 5.95. The molecule has 0 atom stereocenters. The minimum absolute atomic E-state index is 0.0887. The van der Waals surface area contributed by atoms with E-state index >= 15 is 0 Å². The monoisotopic (exact) mass is 264 g/mol. The van der Waals surface area contributed by atoms with Crippen molar-refractivity contribution >= 4 is 5.91 Å². The van der Waals surface area contributed by atoms with Crippen LogP contribution in [0.1, 0.15) is 48.4 Å². The third kappa shape index (κ3) is 3.77. The Bertz CT molecular complexity index is 432. The van der Waals surface area contributed by atoms with E-state index in [1.807, 2.05) is 33.8 Å². The van der Waals surface area contributed by atoms with Crippen LogP contribution in [0.3, 0.4) is 0 Å². The molecule has 19 heavy (non-hydrogen) atoms. The van der Waals surface area contributed by atoms with Crippen LogP contribution < -0.4 is 5.32 Å². The zero-order chi connectivity index (χ0) is 14.5. The highest BCUT2D eigenvalue weighted by Crippen LogP contribution is 2.24. The number of aliphatic hydroxyl groups is 1. The van der Waals surface area contributed by atoms with E-state index < -0.39 is 0 Å². The molecule has 0 saturated carbocycles. The second kappa shape index (κ2) is 6.66. The zero-order valence-electron chi connectivity index (χ0n) is 12.3. The number of nitrogens with zero attached hydrogens (tertiary/aromatic N) is 1. The van der Waals surface area contributed by atoms with Gasteiger partial charge in [0, 0.05) is 17.7 Å². The Morgan fingerprint density at radius 3 is 2.42 bits per heavy atom. The van der Waals surface area contributed by atoms with Crippen LogP contribution in [-0.4, -0.2) is 29.1 Å². The third-order valence-electron chi connectivity index (χ3n) is 3.93. The molecule has 0 unspecified atom stereocenters. The molecular weight excluding hydrogens is 240 g/mol. The molecule has 1 rings (SSSR count). The average Bonchev–Trinajstić information content (AvgIpc) is 2.40. The first-order valence-corrected chi connectivity index (χ1v) is 6.81. The first-order valence-electron chi connectivity index (χ1n) is 6.81. The van der Waals surface area contributed by atoms with Gasteiger partial charge >= 0.3 is 0 Å². The summed E-state index contributed by atoms with van der Waals surface area (Å²) in [4.78, 5) is 16.4. The Kier molecular flexibility index (Phi) is 5.48. The number of rotatable bonds is 6. The molecule has 0 aliphatic carbocycles. The summed E-state index contributed by atoms with van der Waals surface area (Å²) in [6.45, 7) is 8.38. The van der Waals surface area contributed by atoms with Crippen molar-refractivity contribution in [1.82, 2.24) is 10.3 Å². The first-order chi connectivity index (χ1) is 8.98. The number of hydrogen-bond donors (Lipinski definition) is 2. The standard InChI is InChI=1S/C15H24N2O2/c1-5-15(6-2,10-18)9-16-14(19)13-8-7-11(3)17-12(13)4/h7-8,18H,5-6,9-10H2,1-4H3,(H,16,19). The molecule has 0 saturated heterocycles. The normalized spacial score (nSPS) is 11.4. The van der Waals surface area contributed by atoms with Gasteiger partial charge in [0.25, 0.3) is 5.91 Å². The largest absolute Gasteiger partial charge is 0.396 e. The molecule has 4 heteroatoms. The van der Waals surface area contributed by atoms with Crippen molar-refractivity contribution in [1.29, 1.82) is 0 Å². The molecule has 1 heterocycles. The maximum atomic E-state index is 12.1. The Balaban J connectivity index is 2.75. The topological polar surface area (TPSA) is 62.2 Å². The summed E-state index contributed by atoms with van der Waals surface area (Å²) in [6.07, 6.45) is 1.68. The van der Waals surface area contributed by atoms with Crippen molar-refractivity contribution in [3.05, 3.63) is 29.1 Å². The van der Waals surface area contributed by atoms with E-state index in [1.54, 1.807) is 6.07 Å². The molecule has 0 aliphatic rings. The SMILES string of the molecule is CCC(CC)(CO)CNC(=O)c1ccc(C)nc1C. The summed E-state index contributed by atoms with van der Waals surface area (Å²) in [5.74, 6) is -0.121. The van der Waals surface area contributed by atoms with Crippen LogP contribution in [0.15, 0.2) is 12.1 Å². The lowest BCUT2D eigenvalue weighted by atomic mass is 9.83. The first kappa shape index (κ1) is 15.6. The van der Waals surface area contributed by atoms with Crippen molar-refractivity contribution in [3.8, 4) is 0 Å². The van der Waals surface area contributed by atoms with Gasteiger partial charge in [-0.2, -0.15) is 0 Å². The molecular formula is C15H24N2O2. The fourth-order valence-electron chi connectivity index (χ4n) is 2.07. The fourth-order valence-corrected chi connectivity index (χ4v) is 2.07. The summed E-state index contributed by atoms with van der Waals surface area (Å²) < 4.78 is 0. The molecule has 1 aromatic heterocycles. The molecule has 1 amide bonds. The Morgan fingerprint density at radius 1 is 1.32 bits per heavy atom. The quantitative estimate of drug-likeness (QED) is 0.828. The molecule has 0 radical (unpaired) electrons. The number of carbonyl (C=O) groups excluding carboxylic acids is 1. The lowest BCUT2D eigenvalue weighted by Gasteiger charge is -2.29. The number of aliphatic hydroxyl groups excluding tert-OH is 1. The summed E-state index contributed by atoms with van der Waals surface area (Å²) >= 11 is 0. The maximum absolute atomic E-state index is 12.1. The Hall–Kier alpha value is -1.42. The van der Waals surface area contributed by atoms with Gasteiger partial charge in [-0.3, -0.25) is 9.78 Å². The van der Waals surface area contributed by atoms with Crippen molar-refractivity contribution in [2.24, 2.45) is 5.41 Å². The number of carbonyl (C=O) groups is 1. The van der Waals surface area contributed by atoms with Gasteiger partial charge in [-0.25, -0.2) is 0 Å². The van der Waals surface area contributed by atoms with Crippen LogP contribution in [0.4, 0.5) is 0 Å². The number of aromatic nitrogens is 1. The van der Waals surface area contributed by atoms with Gasteiger partial charge < -0.3 is 10.4 Å². The van der Waals surface area contributed by atoms with Crippen molar-refractivity contribution < 1.29 is 9.90 Å². The Morgan fingerprint density at radius 2 is 1.95 bits per heavy atom.